The van der Waals surface area contributed by atoms with Crippen LogP contribution in [0.4, 0.5) is 0 Å². The molecule has 0 amide bonds. The average Bonchev–Trinajstić information content (AvgIpc) is 3.14. The van der Waals surface area contributed by atoms with Crippen LogP contribution in [0.1, 0.15) is 56.7 Å². The van der Waals surface area contributed by atoms with Gasteiger partial charge in [-0.05, 0) is 37.5 Å². The van der Waals surface area contributed by atoms with Gasteiger partial charge in [-0.25, -0.2) is 0 Å². The van der Waals surface area contributed by atoms with Crippen LogP contribution in [0.5, 0.6) is 0 Å². The van der Waals surface area contributed by atoms with Gasteiger partial charge in [-0.3, -0.25) is 0 Å². The Kier molecular flexibility index (Phi) is 13.4. The van der Waals surface area contributed by atoms with E-state index in [0.29, 0.717) is 39.1 Å². The van der Waals surface area contributed by atoms with Crippen LogP contribution in [0.3, 0.4) is 0 Å². The molecule has 3 saturated heterocycles. The summed E-state index contributed by atoms with van der Waals surface area (Å²) >= 11 is 0. The van der Waals surface area contributed by atoms with E-state index in [1.165, 1.54) is 0 Å². The van der Waals surface area contributed by atoms with Gasteiger partial charge in [0, 0.05) is 26.4 Å². The lowest BCUT2D eigenvalue weighted by atomic mass is 9.99. The fraction of sp³-hybridized carbons (Fsp3) is 0.550. The topological polar surface area (TPSA) is 103 Å². The van der Waals surface area contributed by atoms with Gasteiger partial charge < -0.3 is 47.7 Å². The zero-order valence-electron chi connectivity index (χ0n) is 29.5. The normalized spacial score (nSPS) is 34.7. The van der Waals surface area contributed by atoms with Crippen molar-refractivity contribution in [1.29, 1.82) is 0 Å². The lowest BCUT2D eigenvalue weighted by molar-refractivity contribution is -0.339. The molecule has 3 aromatic rings. The number of ether oxygens (including phenoxy) is 9. The minimum atomic E-state index is -0.782. The fourth-order valence-electron chi connectivity index (χ4n) is 6.90. The Hall–Kier alpha value is -2.74. The van der Waals surface area contributed by atoms with E-state index in [0.717, 1.165) is 16.7 Å². The lowest BCUT2D eigenvalue weighted by Gasteiger charge is -2.46. The van der Waals surface area contributed by atoms with Crippen LogP contribution in [0, 0.1) is 0 Å². The maximum Gasteiger partial charge on any atom is 0.161 e. The summed E-state index contributed by atoms with van der Waals surface area (Å²) in [6.07, 6.45) is -4.27. The third kappa shape index (κ3) is 9.98. The first kappa shape index (κ1) is 37.0. The quantitative estimate of drug-likeness (QED) is 0.219. The highest BCUT2D eigenvalue weighted by atomic mass is 16.7. The summed E-state index contributed by atoms with van der Waals surface area (Å²) in [7, 11) is 1.64. The lowest BCUT2D eigenvalue weighted by Crippen LogP contribution is -2.57. The second kappa shape index (κ2) is 18.1. The molecule has 3 aromatic carbocycles. The molecule has 3 aliphatic rings. The predicted octanol–water partition coefficient (Wildman–Crippen LogP) is 5.93. The number of hydrogen-bond donors (Lipinski definition) is 1. The van der Waals surface area contributed by atoms with Crippen LogP contribution >= 0.6 is 0 Å². The Morgan fingerprint density at radius 3 is 1.32 bits per heavy atom. The van der Waals surface area contributed by atoms with Gasteiger partial charge in [0.05, 0.1) is 56.4 Å². The highest BCUT2D eigenvalue weighted by Crippen LogP contribution is 2.34. The predicted molar refractivity (Wildman–Crippen MR) is 185 cm³/mol. The van der Waals surface area contributed by atoms with Gasteiger partial charge in [0.1, 0.15) is 18.3 Å². The Labute approximate surface area is 295 Å². The second-order valence-corrected chi connectivity index (χ2v) is 13.5. The zero-order valence-corrected chi connectivity index (χ0v) is 29.5. The molecular weight excluding hydrogens is 640 g/mol. The van der Waals surface area contributed by atoms with Crippen molar-refractivity contribution in [2.45, 2.75) is 134 Å². The van der Waals surface area contributed by atoms with Crippen molar-refractivity contribution >= 4 is 0 Å². The van der Waals surface area contributed by atoms with E-state index < -0.39 is 55.5 Å². The molecule has 0 radical (unpaired) electrons. The summed E-state index contributed by atoms with van der Waals surface area (Å²) in [6.45, 7) is 7.01. The maximum atomic E-state index is 10.9. The molecule has 12 atom stereocenters. The van der Waals surface area contributed by atoms with Gasteiger partial charge >= 0.3 is 0 Å². The van der Waals surface area contributed by atoms with Gasteiger partial charge in [0.2, 0.25) is 0 Å². The Bertz CT molecular complexity index is 1400. The Balaban J connectivity index is 1.14. The minimum Gasteiger partial charge on any atom is -0.388 e. The van der Waals surface area contributed by atoms with E-state index in [2.05, 4.69) is 0 Å². The molecule has 50 heavy (non-hydrogen) atoms. The highest BCUT2D eigenvalue weighted by Gasteiger charge is 2.46. The fourth-order valence-corrected chi connectivity index (χ4v) is 6.90. The summed E-state index contributed by atoms with van der Waals surface area (Å²) in [6, 6.07) is 30.1. The smallest absolute Gasteiger partial charge is 0.161 e. The van der Waals surface area contributed by atoms with Crippen molar-refractivity contribution in [3.8, 4) is 0 Å². The van der Waals surface area contributed by atoms with E-state index in [1.54, 1.807) is 7.11 Å². The molecule has 10 heteroatoms. The van der Waals surface area contributed by atoms with Gasteiger partial charge in [-0.1, -0.05) is 91.0 Å². The highest BCUT2D eigenvalue weighted by molar-refractivity contribution is 5.15. The van der Waals surface area contributed by atoms with Crippen LogP contribution < -0.4 is 0 Å². The largest absolute Gasteiger partial charge is 0.388 e. The third-order valence-electron chi connectivity index (χ3n) is 9.70. The summed E-state index contributed by atoms with van der Waals surface area (Å²) in [5.41, 5.74) is 3.17. The summed E-state index contributed by atoms with van der Waals surface area (Å²) in [4.78, 5) is 0. The Morgan fingerprint density at radius 1 is 0.520 bits per heavy atom. The van der Waals surface area contributed by atoms with Crippen molar-refractivity contribution in [2.75, 3.05) is 7.11 Å². The van der Waals surface area contributed by atoms with E-state index >= 15 is 0 Å². The van der Waals surface area contributed by atoms with Crippen LogP contribution in [-0.4, -0.2) is 86.0 Å². The first-order chi connectivity index (χ1) is 24.4. The van der Waals surface area contributed by atoms with Crippen LogP contribution in [0.25, 0.3) is 0 Å². The van der Waals surface area contributed by atoms with Crippen LogP contribution in [0.15, 0.2) is 91.0 Å². The molecule has 0 spiro atoms. The van der Waals surface area contributed by atoms with E-state index in [9.17, 15) is 5.11 Å². The van der Waals surface area contributed by atoms with Crippen molar-refractivity contribution in [3.05, 3.63) is 108 Å². The molecule has 6 rings (SSSR count). The van der Waals surface area contributed by atoms with Crippen molar-refractivity contribution in [3.63, 3.8) is 0 Å². The van der Waals surface area contributed by atoms with Crippen molar-refractivity contribution in [1.82, 2.24) is 0 Å². The van der Waals surface area contributed by atoms with Gasteiger partial charge in [-0.15, -0.1) is 0 Å². The molecule has 3 fully saturated rings. The Morgan fingerprint density at radius 2 is 0.880 bits per heavy atom. The minimum absolute atomic E-state index is 0.281. The summed E-state index contributed by atoms with van der Waals surface area (Å²) in [5.74, 6) is 0. The van der Waals surface area contributed by atoms with Gasteiger partial charge in [0.25, 0.3) is 0 Å². The SMILES string of the molecule is CO[C@@H]1C[C@@H](OCc2ccccc2)[C@H](O[C@H]2C[C@@H](OCc3ccccc3)[C@H](O[C@H]3C[C@@H](OCc4ccccc4)[C@H](O)[C@@H](C)O3)[C@@H](C)O2)[C@@H](C)O1. The number of methoxy groups -OCH3 is 1. The van der Waals surface area contributed by atoms with Crippen LogP contribution in [-0.2, 0) is 62.5 Å². The number of aliphatic hydroxyl groups is 1. The summed E-state index contributed by atoms with van der Waals surface area (Å²) in [5, 5.41) is 10.9. The van der Waals surface area contributed by atoms with Crippen molar-refractivity contribution < 1.29 is 47.7 Å². The molecule has 10 nitrogen and oxygen atoms in total. The average molecular weight is 693 g/mol. The number of rotatable bonds is 14. The van der Waals surface area contributed by atoms with Gasteiger partial charge in [-0.2, -0.15) is 0 Å². The molecule has 1 N–H and O–H groups in total. The molecule has 0 saturated carbocycles. The molecule has 3 heterocycles. The first-order valence-corrected chi connectivity index (χ1v) is 17.8. The molecule has 0 aliphatic carbocycles. The molecule has 3 aliphatic heterocycles. The zero-order chi connectivity index (χ0) is 34.9. The molecule has 0 bridgehead atoms. The first-order valence-electron chi connectivity index (χ1n) is 17.8. The molecule has 272 valence electrons. The van der Waals surface area contributed by atoms with E-state index in [-0.39, 0.29) is 18.3 Å². The number of aliphatic hydroxyl groups excluding tert-OH is 1. The number of benzene rings is 3. The molecule has 0 unspecified atom stereocenters. The van der Waals surface area contributed by atoms with Crippen LogP contribution in [0.2, 0.25) is 0 Å². The van der Waals surface area contributed by atoms with Crippen molar-refractivity contribution in [2.24, 2.45) is 0 Å². The standard InChI is InChI=1S/C40H52O10/c1-26-38(41)32(43-23-29-14-8-5-9-15-29)20-36(46-26)49-40-28(3)48-37(22-34(40)45-25-31-18-12-7-13-19-31)50-39-27(2)47-35(42-4)21-33(39)44-24-30-16-10-6-11-17-30/h5-19,26-28,32-41H,20-25H2,1-4H3/t26-,27-,28-,32-,33-,34-,35+,36+,37+,38-,39-,40-/m1/s1. The van der Waals surface area contributed by atoms with E-state index in [1.807, 2.05) is 112 Å². The van der Waals surface area contributed by atoms with E-state index in [4.69, 9.17) is 42.6 Å². The second-order valence-electron chi connectivity index (χ2n) is 13.5. The molecular formula is C40H52O10. The monoisotopic (exact) mass is 692 g/mol. The van der Waals surface area contributed by atoms with Gasteiger partial charge in [0.15, 0.2) is 18.9 Å². The third-order valence-corrected chi connectivity index (χ3v) is 9.70. The number of hydrogen-bond acceptors (Lipinski definition) is 10. The molecule has 0 aromatic heterocycles. The summed E-state index contributed by atoms with van der Waals surface area (Å²) < 4.78 is 57.0. The maximum absolute atomic E-state index is 10.9.